The molecule has 100 valence electrons. The molecule has 0 N–H and O–H groups in total. The molecule has 0 saturated carbocycles. The van der Waals surface area contributed by atoms with Crippen molar-refractivity contribution in [2.24, 2.45) is 0 Å². The van der Waals surface area contributed by atoms with Crippen molar-refractivity contribution in [3.05, 3.63) is 62.3 Å². The van der Waals surface area contributed by atoms with E-state index in [2.05, 4.69) is 47.8 Å². The molecule has 0 spiro atoms. The molecular weight excluding hydrogens is 443 g/mol. The lowest BCUT2D eigenvalue weighted by molar-refractivity contribution is 0.386. The fourth-order valence-corrected chi connectivity index (χ4v) is 3.55. The van der Waals surface area contributed by atoms with Crippen molar-refractivity contribution in [3.8, 4) is 5.75 Å². The fraction of sp³-hybridized carbons (Fsp3) is 0.143. The summed E-state index contributed by atoms with van der Waals surface area (Å²) in [7, 11) is 1.46. The molecule has 2 rings (SSSR count). The van der Waals surface area contributed by atoms with E-state index in [1.807, 2.05) is 18.2 Å². The van der Waals surface area contributed by atoms with Crippen LogP contribution in [0.1, 0.15) is 16.0 Å². The van der Waals surface area contributed by atoms with Gasteiger partial charge in [0.25, 0.3) is 0 Å². The summed E-state index contributed by atoms with van der Waals surface area (Å²) < 4.78 is 20.4. The van der Waals surface area contributed by atoms with Crippen LogP contribution in [0, 0.1) is 5.82 Å². The molecule has 0 amide bonds. The minimum atomic E-state index is -0.362. The lowest BCUT2D eigenvalue weighted by Crippen LogP contribution is -1.97. The van der Waals surface area contributed by atoms with Gasteiger partial charge in [-0.1, -0.05) is 53.9 Å². The molecule has 2 aromatic carbocycles. The van der Waals surface area contributed by atoms with Crippen molar-refractivity contribution in [2.75, 3.05) is 7.11 Å². The van der Waals surface area contributed by atoms with Crippen LogP contribution in [0.3, 0.4) is 0 Å². The van der Waals surface area contributed by atoms with Crippen molar-refractivity contribution < 1.29 is 9.13 Å². The molecule has 1 nitrogen and oxygen atoms in total. The van der Waals surface area contributed by atoms with Gasteiger partial charge in [-0.05, 0) is 41.5 Å². The topological polar surface area (TPSA) is 9.23 Å². The molecule has 0 aliphatic heterocycles. The predicted molar refractivity (Wildman–Crippen MR) is 85.6 cm³/mol. The molecule has 0 saturated heterocycles. The van der Waals surface area contributed by atoms with Crippen molar-refractivity contribution in [2.45, 2.75) is 4.83 Å². The van der Waals surface area contributed by atoms with Gasteiger partial charge in [-0.2, -0.15) is 0 Å². The second-order valence-electron chi connectivity index (χ2n) is 3.92. The molecule has 0 bridgehead atoms. The highest BCUT2D eigenvalue weighted by Crippen LogP contribution is 2.38. The van der Waals surface area contributed by atoms with Gasteiger partial charge in [0.05, 0.1) is 11.9 Å². The number of hydrogen-bond donors (Lipinski definition) is 0. The van der Waals surface area contributed by atoms with Crippen LogP contribution in [-0.4, -0.2) is 7.11 Å². The fourth-order valence-electron chi connectivity index (χ4n) is 1.72. The molecule has 0 aliphatic rings. The summed E-state index contributed by atoms with van der Waals surface area (Å²) in [5, 5.41) is 0. The molecule has 1 unspecified atom stereocenters. The van der Waals surface area contributed by atoms with Gasteiger partial charge in [-0.25, -0.2) is 4.39 Å². The Kier molecular flexibility index (Phi) is 5.03. The molecule has 0 fully saturated rings. The molecule has 19 heavy (non-hydrogen) atoms. The van der Waals surface area contributed by atoms with Gasteiger partial charge in [-0.3, -0.25) is 0 Å². The summed E-state index contributed by atoms with van der Waals surface area (Å²) in [6.45, 7) is 0. The Balaban J connectivity index is 2.43. The zero-order valence-electron chi connectivity index (χ0n) is 9.96. The standard InChI is InChI=1S/C14H10Br3FO/c1-19-13-6-8(2-5-12(13)18)14(17)10-7-9(15)3-4-11(10)16/h2-7,14H,1H3. The highest BCUT2D eigenvalue weighted by atomic mass is 79.9. The maximum Gasteiger partial charge on any atom is 0.165 e. The van der Waals surface area contributed by atoms with Crippen molar-refractivity contribution in [1.29, 1.82) is 0 Å². The normalized spacial score (nSPS) is 12.3. The number of hydrogen-bond acceptors (Lipinski definition) is 1. The number of benzene rings is 2. The average Bonchev–Trinajstić information content (AvgIpc) is 2.41. The first-order valence-corrected chi connectivity index (χ1v) is 7.95. The zero-order valence-corrected chi connectivity index (χ0v) is 14.7. The van der Waals surface area contributed by atoms with Gasteiger partial charge < -0.3 is 4.74 Å². The minimum absolute atomic E-state index is 0.0473. The van der Waals surface area contributed by atoms with Gasteiger partial charge in [0.15, 0.2) is 11.6 Å². The minimum Gasteiger partial charge on any atom is -0.494 e. The molecular formula is C14H10Br3FO. The summed E-state index contributed by atoms with van der Waals surface area (Å²) in [5.74, 6) is -0.118. The van der Waals surface area contributed by atoms with E-state index in [1.54, 1.807) is 12.1 Å². The Morgan fingerprint density at radius 2 is 1.84 bits per heavy atom. The van der Waals surface area contributed by atoms with Gasteiger partial charge in [0.1, 0.15) is 0 Å². The highest BCUT2D eigenvalue weighted by molar-refractivity contribution is 9.11. The highest BCUT2D eigenvalue weighted by Gasteiger charge is 2.16. The number of rotatable bonds is 3. The second-order valence-corrected chi connectivity index (χ2v) is 6.61. The van der Waals surface area contributed by atoms with Crippen LogP contribution >= 0.6 is 47.8 Å². The Labute approximate surface area is 136 Å². The first-order chi connectivity index (χ1) is 9.02. The van der Waals surface area contributed by atoms with Gasteiger partial charge >= 0.3 is 0 Å². The average molecular weight is 453 g/mol. The van der Waals surface area contributed by atoms with Crippen LogP contribution in [0.2, 0.25) is 0 Å². The number of halogens is 4. The van der Waals surface area contributed by atoms with E-state index in [4.69, 9.17) is 4.74 Å². The molecule has 0 radical (unpaired) electrons. The van der Waals surface area contributed by atoms with E-state index < -0.39 is 0 Å². The van der Waals surface area contributed by atoms with Gasteiger partial charge in [-0.15, -0.1) is 0 Å². The number of alkyl halides is 1. The van der Waals surface area contributed by atoms with Crippen LogP contribution in [0.15, 0.2) is 45.3 Å². The Bertz CT molecular complexity index is 601. The van der Waals surface area contributed by atoms with E-state index in [1.165, 1.54) is 13.2 Å². The van der Waals surface area contributed by atoms with Gasteiger partial charge in [0, 0.05) is 8.95 Å². The lowest BCUT2D eigenvalue weighted by Gasteiger charge is -2.14. The summed E-state index contributed by atoms with van der Waals surface area (Å²) in [4.78, 5) is -0.0473. The molecule has 2 aromatic rings. The first kappa shape index (κ1) is 15.0. The molecule has 5 heteroatoms. The Morgan fingerprint density at radius 3 is 2.53 bits per heavy atom. The maximum absolute atomic E-state index is 13.4. The third kappa shape index (κ3) is 3.38. The van der Waals surface area contributed by atoms with Crippen molar-refractivity contribution in [1.82, 2.24) is 0 Å². The summed E-state index contributed by atoms with van der Waals surface area (Å²) in [6.07, 6.45) is 0. The molecule has 1 atom stereocenters. The first-order valence-electron chi connectivity index (χ1n) is 5.45. The van der Waals surface area contributed by atoms with Crippen molar-refractivity contribution >= 4 is 47.8 Å². The largest absolute Gasteiger partial charge is 0.494 e. The lowest BCUT2D eigenvalue weighted by atomic mass is 10.0. The van der Waals surface area contributed by atoms with Crippen LogP contribution in [0.25, 0.3) is 0 Å². The van der Waals surface area contributed by atoms with E-state index >= 15 is 0 Å². The van der Waals surface area contributed by atoms with E-state index in [0.717, 1.165) is 20.1 Å². The maximum atomic E-state index is 13.4. The monoisotopic (exact) mass is 450 g/mol. The Morgan fingerprint density at radius 1 is 1.11 bits per heavy atom. The van der Waals surface area contributed by atoms with Crippen LogP contribution in [0.4, 0.5) is 4.39 Å². The molecule has 0 aromatic heterocycles. The van der Waals surface area contributed by atoms with Crippen LogP contribution < -0.4 is 4.74 Å². The third-order valence-corrected chi connectivity index (χ3v) is 4.94. The van der Waals surface area contributed by atoms with E-state index in [9.17, 15) is 4.39 Å². The summed E-state index contributed by atoms with van der Waals surface area (Å²) in [5.41, 5.74) is 1.99. The van der Waals surface area contributed by atoms with Gasteiger partial charge in [0.2, 0.25) is 0 Å². The van der Waals surface area contributed by atoms with Crippen LogP contribution in [0.5, 0.6) is 5.75 Å². The van der Waals surface area contributed by atoms with E-state index in [0.29, 0.717) is 0 Å². The zero-order chi connectivity index (χ0) is 14.0. The smallest absolute Gasteiger partial charge is 0.165 e. The Hall–Kier alpha value is -0.390. The quantitative estimate of drug-likeness (QED) is 0.531. The number of methoxy groups -OCH3 is 1. The van der Waals surface area contributed by atoms with Crippen molar-refractivity contribution in [3.63, 3.8) is 0 Å². The predicted octanol–water partition coefficient (Wildman–Crippen LogP) is 5.84. The van der Waals surface area contributed by atoms with Crippen LogP contribution in [-0.2, 0) is 0 Å². The third-order valence-electron chi connectivity index (χ3n) is 2.70. The number of ether oxygens (including phenoxy) is 1. The molecule has 0 aliphatic carbocycles. The summed E-state index contributed by atoms with van der Waals surface area (Å²) in [6, 6.07) is 10.8. The summed E-state index contributed by atoms with van der Waals surface area (Å²) >= 11 is 10.6. The SMILES string of the molecule is COc1cc(C(Br)c2cc(Br)ccc2Br)ccc1F. The molecule has 0 heterocycles. The second kappa shape index (κ2) is 6.37. The van der Waals surface area contributed by atoms with E-state index in [-0.39, 0.29) is 16.4 Å².